The van der Waals surface area contributed by atoms with Gasteiger partial charge in [-0.1, -0.05) is 17.9 Å². The molecule has 1 amide bonds. The quantitative estimate of drug-likeness (QED) is 0.706. The number of aromatic nitrogens is 2. The summed E-state index contributed by atoms with van der Waals surface area (Å²) in [6.45, 7) is 2.25. The second kappa shape index (κ2) is 5.85. The van der Waals surface area contributed by atoms with Crippen LogP contribution in [-0.4, -0.2) is 22.6 Å². The first-order chi connectivity index (χ1) is 9.20. The largest absolute Gasteiger partial charge is 0.321 e. The molecule has 4 N–H and O–H groups in total. The van der Waals surface area contributed by atoms with E-state index in [1.54, 1.807) is 0 Å². The number of anilines is 1. The number of aryl methyl sites for hydroxylation is 1. The summed E-state index contributed by atoms with van der Waals surface area (Å²) in [7, 11) is 0. The van der Waals surface area contributed by atoms with Gasteiger partial charge in [0.15, 0.2) is 0 Å². The van der Waals surface area contributed by atoms with Crippen molar-refractivity contribution in [3.8, 4) is 11.8 Å². The number of rotatable bonds is 2. The normalized spacial score (nSPS) is 9.58. The van der Waals surface area contributed by atoms with Gasteiger partial charge in [0.1, 0.15) is 0 Å². The Bertz CT molecular complexity index is 635. The third-order valence-corrected chi connectivity index (χ3v) is 2.51. The van der Waals surface area contributed by atoms with Crippen molar-refractivity contribution in [2.45, 2.75) is 6.92 Å². The monoisotopic (exact) mass is 254 g/mol. The van der Waals surface area contributed by atoms with Gasteiger partial charge in [0.2, 0.25) is 0 Å². The smallest absolute Gasteiger partial charge is 0.258 e. The minimum Gasteiger partial charge on any atom is -0.321 e. The third-order valence-electron chi connectivity index (χ3n) is 2.51. The van der Waals surface area contributed by atoms with Crippen LogP contribution in [0.1, 0.15) is 21.5 Å². The van der Waals surface area contributed by atoms with Crippen LogP contribution < -0.4 is 11.1 Å². The molecule has 0 aliphatic heterocycles. The second-order valence-corrected chi connectivity index (χ2v) is 4.00. The van der Waals surface area contributed by atoms with Crippen LogP contribution in [0.2, 0.25) is 0 Å². The van der Waals surface area contributed by atoms with Gasteiger partial charge in [-0.05, 0) is 24.6 Å². The van der Waals surface area contributed by atoms with Crippen LogP contribution in [-0.2, 0) is 0 Å². The van der Waals surface area contributed by atoms with E-state index in [0.29, 0.717) is 11.3 Å². The van der Waals surface area contributed by atoms with Gasteiger partial charge < -0.3 is 11.1 Å². The molecule has 5 heteroatoms. The molecule has 0 atom stereocenters. The summed E-state index contributed by atoms with van der Waals surface area (Å²) in [6, 6.07) is 5.65. The molecule has 1 aromatic heterocycles. The van der Waals surface area contributed by atoms with Gasteiger partial charge in [-0.3, -0.25) is 9.89 Å². The van der Waals surface area contributed by atoms with Crippen LogP contribution in [0.15, 0.2) is 30.6 Å². The van der Waals surface area contributed by atoms with E-state index in [-0.39, 0.29) is 12.5 Å². The molecule has 1 aromatic carbocycles. The van der Waals surface area contributed by atoms with Crippen molar-refractivity contribution in [2.75, 3.05) is 11.9 Å². The highest BCUT2D eigenvalue weighted by Gasteiger charge is 2.09. The van der Waals surface area contributed by atoms with Crippen molar-refractivity contribution in [1.29, 1.82) is 0 Å². The van der Waals surface area contributed by atoms with Crippen LogP contribution in [0.5, 0.6) is 0 Å². The zero-order valence-electron chi connectivity index (χ0n) is 10.5. The first-order valence-corrected chi connectivity index (χ1v) is 5.80. The maximum Gasteiger partial charge on any atom is 0.258 e. The minimum absolute atomic E-state index is 0.228. The van der Waals surface area contributed by atoms with E-state index in [1.165, 1.54) is 12.4 Å². The minimum atomic E-state index is -0.228. The fourth-order valence-electron chi connectivity index (χ4n) is 1.59. The summed E-state index contributed by atoms with van der Waals surface area (Å²) < 4.78 is 0. The Morgan fingerprint density at radius 1 is 1.53 bits per heavy atom. The number of carbonyl (C=O) groups excluding carboxylic acids is 1. The Balaban J connectivity index is 2.27. The number of H-pyrrole nitrogens is 1. The highest BCUT2D eigenvalue weighted by atomic mass is 16.1. The van der Waals surface area contributed by atoms with Gasteiger partial charge >= 0.3 is 0 Å². The molecule has 0 fully saturated rings. The first-order valence-electron chi connectivity index (χ1n) is 5.80. The van der Waals surface area contributed by atoms with E-state index in [1.807, 2.05) is 25.1 Å². The maximum atomic E-state index is 11.9. The summed E-state index contributed by atoms with van der Waals surface area (Å²) in [6.07, 6.45) is 3.00. The molecule has 0 saturated carbocycles. The van der Waals surface area contributed by atoms with Crippen LogP contribution in [0.4, 0.5) is 5.69 Å². The van der Waals surface area contributed by atoms with E-state index in [9.17, 15) is 4.79 Å². The van der Waals surface area contributed by atoms with Crippen molar-refractivity contribution < 1.29 is 4.79 Å². The molecular weight excluding hydrogens is 240 g/mol. The van der Waals surface area contributed by atoms with Crippen molar-refractivity contribution in [2.24, 2.45) is 5.73 Å². The molecule has 0 spiro atoms. The molecule has 0 saturated heterocycles. The third kappa shape index (κ3) is 3.21. The molecule has 0 bridgehead atoms. The fourth-order valence-corrected chi connectivity index (χ4v) is 1.59. The van der Waals surface area contributed by atoms with Gasteiger partial charge in [0.05, 0.1) is 24.0 Å². The molecule has 0 aliphatic rings. The van der Waals surface area contributed by atoms with E-state index >= 15 is 0 Å². The topological polar surface area (TPSA) is 83.8 Å². The molecule has 5 nitrogen and oxygen atoms in total. The van der Waals surface area contributed by atoms with Crippen LogP contribution in [0, 0.1) is 18.8 Å². The average Bonchev–Trinajstić information content (AvgIpc) is 2.93. The highest BCUT2D eigenvalue weighted by Crippen LogP contribution is 2.17. The van der Waals surface area contributed by atoms with Crippen molar-refractivity contribution in [3.63, 3.8) is 0 Å². The molecule has 96 valence electrons. The standard InChI is InChI=1S/C14H14N4O/c1-10-4-5-13(11(7-10)3-2-6-15)18-14(19)12-8-16-17-9-12/h4-5,7-9H,6,15H2,1H3,(H,16,17)(H,18,19). The molecule has 2 aromatic rings. The fraction of sp³-hybridized carbons (Fsp3) is 0.143. The molecule has 0 unspecified atom stereocenters. The Morgan fingerprint density at radius 3 is 3.05 bits per heavy atom. The van der Waals surface area contributed by atoms with Crippen LogP contribution >= 0.6 is 0 Å². The number of hydrogen-bond donors (Lipinski definition) is 3. The highest BCUT2D eigenvalue weighted by molar-refractivity contribution is 6.04. The molecule has 2 rings (SSSR count). The Kier molecular flexibility index (Phi) is 3.96. The summed E-state index contributed by atoms with van der Waals surface area (Å²) in [5, 5.41) is 9.15. The van der Waals surface area contributed by atoms with Crippen molar-refractivity contribution >= 4 is 11.6 Å². The second-order valence-electron chi connectivity index (χ2n) is 4.00. The molecule has 1 heterocycles. The number of aromatic amines is 1. The van der Waals surface area contributed by atoms with Crippen molar-refractivity contribution in [3.05, 3.63) is 47.3 Å². The predicted octanol–water partition coefficient (Wildman–Crippen LogP) is 1.28. The summed E-state index contributed by atoms with van der Waals surface area (Å²) in [5.74, 6) is 5.51. The van der Waals surface area contributed by atoms with E-state index in [0.717, 1.165) is 11.1 Å². The zero-order chi connectivity index (χ0) is 13.7. The molecule has 0 radical (unpaired) electrons. The average molecular weight is 254 g/mol. The molecular formula is C14H14N4O. The van der Waals surface area contributed by atoms with Crippen LogP contribution in [0.25, 0.3) is 0 Å². The Hall–Kier alpha value is -2.58. The number of hydrogen-bond acceptors (Lipinski definition) is 3. The predicted molar refractivity (Wildman–Crippen MR) is 73.7 cm³/mol. The number of nitrogens with one attached hydrogen (secondary N) is 2. The number of amides is 1. The van der Waals surface area contributed by atoms with Gasteiger partial charge in [0, 0.05) is 11.8 Å². The number of nitrogens with two attached hydrogens (primary N) is 1. The lowest BCUT2D eigenvalue weighted by atomic mass is 10.1. The Morgan fingerprint density at radius 2 is 2.37 bits per heavy atom. The van der Waals surface area contributed by atoms with E-state index < -0.39 is 0 Å². The summed E-state index contributed by atoms with van der Waals surface area (Å²) >= 11 is 0. The van der Waals surface area contributed by atoms with Gasteiger partial charge in [-0.15, -0.1) is 0 Å². The zero-order valence-corrected chi connectivity index (χ0v) is 10.5. The molecule has 0 aliphatic carbocycles. The van der Waals surface area contributed by atoms with E-state index in [4.69, 9.17) is 5.73 Å². The Labute approximate surface area is 111 Å². The first kappa shape index (κ1) is 12.9. The van der Waals surface area contributed by atoms with Crippen molar-refractivity contribution in [1.82, 2.24) is 10.2 Å². The summed E-state index contributed by atoms with van der Waals surface area (Å²) in [5.41, 5.74) is 8.33. The number of nitrogens with zero attached hydrogens (tertiary/aromatic N) is 1. The lowest BCUT2D eigenvalue weighted by Gasteiger charge is -2.07. The number of carbonyl (C=O) groups is 1. The number of benzene rings is 1. The summed E-state index contributed by atoms with van der Waals surface area (Å²) in [4.78, 5) is 11.9. The van der Waals surface area contributed by atoms with Crippen LogP contribution in [0.3, 0.4) is 0 Å². The van der Waals surface area contributed by atoms with Gasteiger partial charge in [0.25, 0.3) is 5.91 Å². The lowest BCUT2D eigenvalue weighted by molar-refractivity contribution is 0.102. The lowest BCUT2D eigenvalue weighted by Crippen LogP contribution is -2.12. The SMILES string of the molecule is Cc1ccc(NC(=O)c2cn[nH]c2)c(C#CCN)c1. The maximum absolute atomic E-state index is 11.9. The molecule has 19 heavy (non-hydrogen) atoms. The van der Waals surface area contributed by atoms with Gasteiger partial charge in [-0.25, -0.2) is 0 Å². The van der Waals surface area contributed by atoms with Gasteiger partial charge in [-0.2, -0.15) is 5.10 Å². The van der Waals surface area contributed by atoms with E-state index in [2.05, 4.69) is 27.4 Å².